The van der Waals surface area contributed by atoms with Gasteiger partial charge in [0, 0.05) is 13.2 Å². The van der Waals surface area contributed by atoms with Crippen LogP contribution in [-0.2, 0) is 19.4 Å². The van der Waals surface area contributed by atoms with Crippen LogP contribution in [0.2, 0.25) is 0 Å². The summed E-state index contributed by atoms with van der Waals surface area (Å²) in [7, 11) is -4.20. The predicted octanol–water partition coefficient (Wildman–Crippen LogP) is 3.42. The van der Waals surface area contributed by atoms with Gasteiger partial charge in [0.1, 0.15) is 5.75 Å². The molecule has 1 amide bonds. The maximum Gasteiger partial charge on any atom is 0.461 e. The van der Waals surface area contributed by atoms with Crippen molar-refractivity contribution in [3.63, 3.8) is 0 Å². The second-order valence-electron chi connectivity index (χ2n) is 7.06. The number of carbonyl (C=O) groups is 1. The number of hydrogen-bond donors (Lipinski definition) is 2. The zero-order valence-electron chi connectivity index (χ0n) is 16.4. The van der Waals surface area contributed by atoms with Gasteiger partial charge in [-0.3, -0.25) is 10.0 Å². The molecule has 0 unspecified atom stereocenters. The van der Waals surface area contributed by atoms with Gasteiger partial charge in [-0.25, -0.2) is 13.9 Å². The monoisotopic (exact) mass is 477 g/mol. The highest BCUT2D eigenvalue weighted by atomic mass is 32.2. The van der Waals surface area contributed by atoms with Crippen molar-refractivity contribution in [1.29, 1.82) is 0 Å². The van der Waals surface area contributed by atoms with Crippen molar-refractivity contribution in [2.45, 2.75) is 35.0 Å². The second-order valence-corrected chi connectivity index (χ2v) is 9.32. The van der Waals surface area contributed by atoms with Gasteiger partial charge in [-0.2, -0.15) is 17.6 Å². The van der Waals surface area contributed by atoms with E-state index >= 15 is 0 Å². The number of halogens is 4. The van der Waals surface area contributed by atoms with Crippen LogP contribution in [0, 0.1) is 0 Å². The lowest BCUT2D eigenvalue weighted by Gasteiger charge is -2.34. The molecule has 0 saturated carbocycles. The van der Waals surface area contributed by atoms with E-state index in [1.54, 1.807) is 0 Å². The third-order valence-electron chi connectivity index (χ3n) is 5.19. The molecule has 1 aliphatic rings. The van der Waals surface area contributed by atoms with E-state index in [1.165, 1.54) is 41.9 Å². The molecule has 12 heteroatoms. The first-order valence-corrected chi connectivity index (χ1v) is 10.8. The summed E-state index contributed by atoms with van der Waals surface area (Å²) in [5.74, 6) is -1.50. The Morgan fingerprint density at radius 3 is 2.00 bits per heavy atom. The number of amides is 1. The Hall–Kier alpha value is -2.70. The minimum atomic E-state index is -4.63. The number of alkyl halides is 4. The van der Waals surface area contributed by atoms with E-state index in [2.05, 4.69) is 4.74 Å². The van der Waals surface area contributed by atoms with Crippen LogP contribution < -0.4 is 10.2 Å². The van der Waals surface area contributed by atoms with Crippen LogP contribution in [-0.4, -0.2) is 50.0 Å². The summed E-state index contributed by atoms with van der Waals surface area (Å²) < 4.78 is 84.2. The number of benzene rings is 2. The molecule has 1 fully saturated rings. The third kappa shape index (κ3) is 4.43. The summed E-state index contributed by atoms with van der Waals surface area (Å²) >= 11 is 0. The second kappa shape index (κ2) is 9.04. The van der Waals surface area contributed by atoms with Crippen LogP contribution >= 0.6 is 0 Å². The van der Waals surface area contributed by atoms with E-state index in [1.807, 2.05) is 0 Å². The number of nitrogens with one attached hydrogen (secondary N) is 1. The Bertz CT molecular complexity index is 1050. The zero-order valence-corrected chi connectivity index (χ0v) is 17.2. The molecule has 3 rings (SSSR count). The van der Waals surface area contributed by atoms with E-state index < -0.39 is 38.8 Å². The van der Waals surface area contributed by atoms with Crippen molar-refractivity contribution >= 4 is 15.7 Å². The molecule has 2 aromatic rings. The number of rotatable bonds is 7. The molecule has 0 spiro atoms. The average Bonchev–Trinajstić information content (AvgIpc) is 2.79. The molecule has 1 aliphatic heterocycles. The van der Waals surface area contributed by atoms with Gasteiger partial charge >= 0.3 is 12.5 Å². The van der Waals surface area contributed by atoms with Crippen molar-refractivity contribution in [3.05, 3.63) is 48.5 Å². The standard InChI is InChI=1S/C20H19F4NO6S/c21-17(22)20(23,24)31-15-5-1-13(2-6-15)14-3-7-16(8-4-14)32(28,29)19(18(26)25-27)9-11-30-12-10-19/h1-8,17,27H,9-12H2,(H,25,26). The Kier molecular flexibility index (Phi) is 6.77. The molecule has 2 aromatic carbocycles. The first-order chi connectivity index (χ1) is 15.0. The molecule has 0 aliphatic carbocycles. The quantitative estimate of drug-likeness (QED) is 0.360. The third-order valence-corrected chi connectivity index (χ3v) is 7.71. The summed E-state index contributed by atoms with van der Waals surface area (Å²) in [6.07, 6.45) is -8.87. The molecule has 1 saturated heterocycles. The van der Waals surface area contributed by atoms with Crippen molar-refractivity contribution in [3.8, 4) is 16.9 Å². The molecule has 174 valence electrons. The Morgan fingerprint density at radius 1 is 1.03 bits per heavy atom. The molecule has 2 N–H and O–H groups in total. The van der Waals surface area contributed by atoms with Gasteiger partial charge in [-0.1, -0.05) is 24.3 Å². The van der Waals surface area contributed by atoms with Crippen LogP contribution in [0.3, 0.4) is 0 Å². The zero-order chi connectivity index (χ0) is 23.6. The fourth-order valence-corrected chi connectivity index (χ4v) is 5.33. The van der Waals surface area contributed by atoms with Crippen LogP contribution in [0.5, 0.6) is 5.75 Å². The van der Waals surface area contributed by atoms with Crippen LogP contribution in [0.4, 0.5) is 17.6 Å². The number of sulfone groups is 1. The van der Waals surface area contributed by atoms with Crippen molar-refractivity contribution in [1.82, 2.24) is 5.48 Å². The molecule has 0 aromatic heterocycles. The Morgan fingerprint density at radius 2 is 1.53 bits per heavy atom. The van der Waals surface area contributed by atoms with E-state index in [0.717, 1.165) is 12.1 Å². The van der Waals surface area contributed by atoms with Gasteiger partial charge in [0.15, 0.2) is 14.6 Å². The van der Waals surface area contributed by atoms with E-state index in [-0.39, 0.29) is 31.0 Å². The molecule has 32 heavy (non-hydrogen) atoms. The maximum atomic E-state index is 13.2. The highest BCUT2D eigenvalue weighted by Gasteiger charge is 2.52. The summed E-state index contributed by atoms with van der Waals surface area (Å²) in [4.78, 5) is 12.1. The Labute approximate surface area is 180 Å². The molecular weight excluding hydrogens is 458 g/mol. The molecular formula is C20H19F4NO6S. The maximum absolute atomic E-state index is 13.2. The molecule has 7 nitrogen and oxygen atoms in total. The average molecular weight is 477 g/mol. The number of hydroxylamine groups is 1. The first-order valence-electron chi connectivity index (χ1n) is 9.36. The SMILES string of the molecule is O=C(NO)C1(S(=O)(=O)c2ccc(-c3ccc(OC(F)(F)C(F)F)cc3)cc2)CCOCC1. The number of ether oxygens (including phenoxy) is 2. The van der Waals surface area contributed by atoms with E-state index in [0.29, 0.717) is 11.1 Å². The lowest BCUT2D eigenvalue weighted by Crippen LogP contribution is -2.54. The molecule has 0 radical (unpaired) electrons. The van der Waals surface area contributed by atoms with E-state index in [9.17, 15) is 30.8 Å². The van der Waals surface area contributed by atoms with Crippen molar-refractivity contribution in [2.75, 3.05) is 13.2 Å². The van der Waals surface area contributed by atoms with Gasteiger partial charge in [0.05, 0.1) is 4.90 Å². The summed E-state index contributed by atoms with van der Waals surface area (Å²) in [6, 6.07) is 10.3. The molecule has 0 atom stereocenters. The lowest BCUT2D eigenvalue weighted by molar-refractivity contribution is -0.253. The predicted molar refractivity (Wildman–Crippen MR) is 103 cm³/mol. The highest BCUT2D eigenvalue weighted by Crippen LogP contribution is 2.36. The minimum absolute atomic E-state index is 0.0315. The summed E-state index contributed by atoms with van der Waals surface area (Å²) in [5.41, 5.74) is 2.42. The van der Waals surface area contributed by atoms with Crippen LogP contribution in [0.25, 0.3) is 11.1 Å². The smallest absolute Gasteiger partial charge is 0.428 e. The molecule has 0 bridgehead atoms. The number of carbonyl (C=O) groups excluding carboxylic acids is 1. The van der Waals surface area contributed by atoms with Crippen LogP contribution in [0.1, 0.15) is 12.8 Å². The van der Waals surface area contributed by atoms with Crippen molar-refractivity contribution < 1.29 is 45.5 Å². The highest BCUT2D eigenvalue weighted by molar-refractivity contribution is 7.93. The fourth-order valence-electron chi connectivity index (χ4n) is 3.39. The summed E-state index contributed by atoms with van der Waals surface area (Å²) in [5, 5.41) is 9.08. The van der Waals surface area contributed by atoms with E-state index in [4.69, 9.17) is 9.94 Å². The first kappa shape index (κ1) is 24.0. The van der Waals surface area contributed by atoms with Crippen molar-refractivity contribution in [2.24, 2.45) is 0 Å². The van der Waals surface area contributed by atoms with Gasteiger partial charge < -0.3 is 9.47 Å². The van der Waals surface area contributed by atoms with Crippen LogP contribution in [0.15, 0.2) is 53.4 Å². The summed E-state index contributed by atoms with van der Waals surface area (Å²) in [6.45, 7) is 0.0630. The normalized spacial score (nSPS) is 16.6. The topological polar surface area (TPSA) is 102 Å². The molecule has 1 heterocycles. The Balaban J connectivity index is 1.85. The minimum Gasteiger partial charge on any atom is -0.428 e. The van der Waals surface area contributed by atoms with Gasteiger partial charge in [-0.15, -0.1) is 0 Å². The largest absolute Gasteiger partial charge is 0.461 e. The van der Waals surface area contributed by atoms with Gasteiger partial charge in [0.2, 0.25) is 0 Å². The van der Waals surface area contributed by atoms with Gasteiger partial charge in [-0.05, 0) is 48.2 Å². The van der Waals surface area contributed by atoms with Gasteiger partial charge in [0.25, 0.3) is 5.91 Å². The lowest BCUT2D eigenvalue weighted by atomic mass is 9.98. The fraction of sp³-hybridized carbons (Fsp3) is 0.350. The number of hydrogen-bond acceptors (Lipinski definition) is 6.